The molecule has 0 spiro atoms. The first-order valence-corrected chi connectivity index (χ1v) is 8.40. The Hall–Kier alpha value is -2.08. The Morgan fingerprint density at radius 1 is 1.00 bits per heavy atom. The number of hydrogen-bond acceptors (Lipinski definition) is 3. The summed E-state index contributed by atoms with van der Waals surface area (Å²) in [6.45, 7) is 1.12. The number of nitrogens with one attached hydrogen (secondary N) is 2. The Labute approximate surface area is 156 Å². The van der Waals surface area contributed by atoms with Crippen molar-refractivity contribution < 1.29 is 14.3 Å². The number of hydrogen-bond donors (Lipinski definition) is 2. The van der Waals surface area contributed by atoms with Gasteiger partial charge < -0.3 is 15.4 Å². The third-order valence-corrected chi connectivity index (χ3v) is 3.95. The van der Waals surface area contributed by atoms with E-state index in [1.54, 1.807) is 49.6 Å². The highest BCUT2D eigenvalue weighted by Crippen LogP contribution is 2.25. The zero-order valence-corrected chi connectivity index (χ0v) is 15.2. The first kappa shape index (κ1) is 19.2. The zero-order valence-electron chi connectivity index (χ0n) is 13.6. The van der Waals surface area contributed by atoms with Gasteiger partial charge in [0.25, 0.3) is 11.8 Å². The van der Waals surface area contributed by atoms with E-state index < -0.39 is 0 Å². The molecule has 0 unspecified atom stereocenters. The minimum Gasteiger partial charge on any atom is -0.385 e. The van der Waals surface area contributed by atoms with Gasteiger partial charge in [-0.3, -0.25) is 9.59 Å². The highest BCUT2D eigenvalue weighted by Gasteiger charge is 2.11. The fourth-order valence-corrected chi connectivity index (χ4v) is 2.53. The van der Waals surface area contributed by atoms with E-state index in [4.69, 9.17) is 27.9 Å². The maximum Gasteiger partial charge on any atom is 0.255 e. The zero-order chi connectivity index (χ0) is 18.2. The fourth-order valence-electron chi connectivity index (χ4n) is 2.08. The molecule has 0 aliphatic rings. The number of halogens is 2. The van der Waals surface area contributed by atoms with Crippen LogP contribution in [0.3, 0.4) is 0 Å². The summed E-state index contributed by atoms with van der Waals surface area (Å²) in [6.07, 6.45) is 0.741. The van der Waals surface area contributed by atoms with Gasteiger partial charge in [-0.15, -0.1) is 0 Å². The summed E-state index contributed by atoms with van der Waals surface area (Å²) in [5.74, 6) is -0.514. The van der Waals surface area contributed by atoms with E-state index in [0.29, 0.717) is 40.0 Å². The molecule has 0 radical (unpaired) electrons. The quantitative estimate of drug-likeness (QED) is 0.712. The van der Waals surface area contributed by atoms with Gasteiger partial charge in [0.05, 0.1) is 10.7 Å². The first-order valence-electron chi connectivity index (χ1n) is 7.65. The summed E-state index contributed by atoms with van der Waals surface area (Å²) in [6, 6.07) is 11.2. The molecule has 0 atom stereocenters. The van der Waals surface area contributed by atoms with Crippen LogP contribution < -0.4 is 10.6 Å². The topological polar surface area (TPSA) is 67.4 Å². The highest BCUT2D eigenvalue weighted by molar-refractivity contribution is 6.36. The third kappa shape index (κ3) is 5.74. The van der Waals surface area contributed by atoms with Crippen molar-refractivity contribution in [1.82, 2.24) is 5.32 Å². The lowest BCUT2D eigenvalue weighted by Crippen LogP contribution is -2.25. The van der Waals surface area contributed by atoms with Crippen LogP contribution in [0.15, 0.2) is 42.5 Å². The molecular formula is C18H18Cl2N2O3. The third-order valence-electron chi connectivity index (χ3n) is 3.40. The molecule has 2 N–H and O–H groups in total. The van der Waals surface area contributed by atoms with Gasteiger partial charge in [0, 0.05) is 36.4 Å². The second-order valence-corrected chi connectivity index (χ2v) is 6.10. The molecule has 0 bridgehead atoms. The second-order valence-electron chi connectivity index (χ2n) is 5.26. The number of amides is 2. The molecule has 0 aromatic heterocycles. The Balaban J connectivity index is 1.96. The predicted octanol–water partition coefficient (Wildman–Crippen LogP) is 4.01. The van der Waals surface area contributed by atoms with Crippen LogP contribution in [0.1, 0.15) is 27.1 Å². The largest absolute Gasteiger partial charge is 0.385 e. The lowest BCUT2D eigenvalue weighted by Gasteiger charge is -2.08. The maximum atomic E-state index is 12.3. The summed E-state index contributed by atoms with van der Waals surface area (Å²) in [7, 11) is 1.61. The molecule has 0 saturated heterocycles. The van der Waals surface area contributed by atoms with E-state index >= 15 is 0 Å². The Morgan fingerprint density at radius 3 is 2.24 bits per heavy atom. The van der Waals surface area contributed by atoms with Crippen molar-refractivity contribution in [3.8, 4) is 0 Å². The molecular weight excluding hydrogens is 363 g/mol. The average molecular weight is 381 g/mol. The van der Waals surface area contributed by atoms with Crippen molar-refractivity contribution in [2.75, 3.05) is 25.6 Å². The van der Waals surface area contributed by atoms with Crippen molar-refractivity contribution in [3.63, 3.8) is 0 Å². The molecule has 2 aromatic rings. The Kier molecular flexibility index (Phi) is 7.25. The highest BCUT2D eigenvalue weighted by atomic mass is 35.5. The van der Waals surface area contributed by atoms with Crippen molar-refractivity contribution >= 4 is 40.7 Å². The molecule has 0 fully saturated rings. The van der Waals surface area contributed by atoms with E-state index in [1.165, 1.54) is 0 Å². The first-order chi connectivity index (χ1) is 12.0. The minimum atomic E-state index is -0.323. The number of ether oxygens (including phenoxy) is 1. The monoisotopic (exact) mass is 380 g/mol. The fraction of sp³-hybridized carbons (Fsp3) is 0.222. The maximum absolute atomic E-state index is 12.3. The number of rotatable bonds is 7. The number of carbonyl (C=O) groups is 2. The molecule has 0 aliphatic carbocycles. The number of anilines is 1. The molecule has 25 heavy (non-hydrogen) atoms. The van der Waals surface area contributed by atoms with Crippen LogP contribution in [0.5, 0.6) is 0 Å². The second kappa shape index (κ2) is 9.42. The van der Waals surface area contributed by atoms with Crippen molar-refractivity contribution in [2.45, 2.75) is 6.42 Å². The minimum absolute atomic E-state index is 0.191. The van der Waals surface area contributed by atoms with Crippen LogP contribution >= 0.6 is 23.2 Å². The normalized spacial score (nSPS) is 10.4. The standard InChI is InChI=1S/C18H18Cl2N2O3/c1-25-10-2-9-21-17(23)12-3-5-13(6-4-12)18(24)22-16-8-7-14(19)11-15(16)20/h3-8,11H,2,9-10H2,1H3,(H,21,23)(H,22,24). The van der Waals surface area contributed by atoms with Gasteiger partial charge in [-0.05, 0) is 48.9 Å². The van der Waals surface area contributed by atoms with Gasteiger partial charge in [0.2, 0.25) is 0 Å². The molecule has 2 amide bonds. The van der Waals surface area contributed by atoms with E-state index in [0.717, 1.165) is 6.42 Å². The van der Waals surface area contributed by atoms with Crippen LogP contribution in [0, 0.1) is 0 Å². The number of benzene rings is 2. The SMILES string of the molecule is COCCCNC(=O)c1ccc(C(=O)Nc2ccc(Cl)cc2Cl)cc1. The van der Waals surface area contributed by atoms with Crippen LogP contribution in [-0.2, 0) is 4.74 Å². The summed E-state index contributed by atoms with van der Waals surface area (Å²) in [4.78, 5) is 24.2. The predicted molar refractivity (Wildman–Crippen MR) is 99.7 cm³/mol. The lowest BCUT2D eigenvalue weighted by atomic mass is 10.1. The number of carbonyl (C=O) groups excluding carboxylic acids is 2. The van der Waals surface area contributed by atoms with Crippen LogP contribution in [-0.4, -0.2) is 32.1 Å². The molecule has 7 heteroatoms. The van der Waals surface area contributed by atoms with Crippen LogP contribution in [0.2, 0.25) is 10.0 Å². The van der Waals surface area contributed by atoms with E-state index in [2.05, 4.69) is 10.6 Å². The molecule has 5 nitrogen and oxygen atoms in total. The molecule has 2 aromatic carbocycles. The summed E-state index contributed by atoms with van der Waals surface area (Å²) < 4.78 is 4.92. The van der Waals surface area contributed by atoms with Gasteiger partial charge in [-0.25, -0.2) is 0 Å². The molecule has 0 saturated carbocycles. The van der Waals surface area contributed by atoms with Crippen LogP contribution in [0.4, 0.5) is 5.69 Å². The van der Waals surface area contributed by atoms with Gasteiger partial charge in [0.1, 0.15) is 0 Å². The van der Waals surface area contributed by atoms with E-state index in [9.17, 15) is 9.59 Å². The van der Waals surface area contributed by atoms with Gasteiger partial charge in [-0.2, -0.15) is 0 Å². The van der Waals surface area contributed by atoms with Crippen LogP contribution in [0.25, 0.3) is 0 Å². The molecule has 0 aliphatic heterocycles. The van der Waals surface area contributed by atoms with Gasteiger partial charge in [-0.1, -0.05) is 23.2 Å². The Morgan fingerprint density at radius 2 is 1.64 bits per heavy atom. The molecule has 2 rings (SSSR count). The van der Waals surface area contributed by atoms with Gasteiger partial charge >= 0.3 is 0 Å². The summed E-state index contributed by atoms with van der Waals surface area (Å²) >= 11 is 11.9. The lowest BCUT2D eigenvalue weighted by molar-refractivity contribution is 0.0947. The van der Waals surface area contributed by atoms with E-state index in [1.807, 2.05) is 0 Å². The van der Waals surface area contributed by atoms with Crippen molar-refractivity contribution in [3.05, 3.63) is 63.6 Å². The number of methoxy groups -OCH3 is 1. The van der Waals surface area contributed by atoms with Gasteiger partial charge in [0.15, 0.2) is 0 Å². The summed E-state index contributed by atoms with van der Waals surface area (Å²) in [5, 5.41) is 6.34. The van der Waals surface area contributed by atoms with E-state index in [-0.39, 0.29) is 11.8 Å². The Bertz CT molecular complexity index is 748. The van der Waals surface area contributed by atoms with Crippen molar-refractivity contribution in [1.29, 1.82) is 0 Å². The smallest absolute Gasteiger partial charge is 0.255 e. The average Bonchev–Trinajstić information content (AvgIpc) is 2.61. The van der Waals surface area contributed by atoms with Crippen molar-refractivity contribution in [2.24, 2.45) is 0 Å². The molecule has 132 valence electrons. The molecule has 0 heterocycles. The summed E-state index contributed by atoms with van der Waals surface area (Å²) in [5.41, 5.74) is 1.37.